The number of amides is 1. The molecule has 11 nitrogen and oxygen atoms in total. The number of piperidine rings is 1. The quantitative estimate of drug-likeness (QED) is 0.184. The first-order valence-electron chi connectivity index (χ1n) is 15.6. The molecule has 11 heteroatoms. The molecule has 2 aromatic carbocycles. The lowest BCUT2D eigenvalue weighted by Gasteiger charge is -2.48. The van der Waals surface area contributed by atoms with Gasteiger partial charge in [0, 0.05) is 61.3 Å². The van der Waals surface area contributed by atoms with Crippen LogP contribution < -0.4 is 19.8 Å². The number of benzene rings is 2. The highest BCUT2D eigenvalue weighted by Gasteiger charge is 2.39. The van der Waals surface area contributed by atoms with E-state index in [0.29, 0.717) is 80.6 Å². The molecule has 5 rings (SSSR count). The molecule has 1 fully saturated rings. The lowest BCUT2D eigenvalue weighted by atomic mass is 9.78. The third-order valence-corrected chi connectivity index (χ3v) is 9.03. The Balaban J connectivity index is 1.38. The average Bonchev–Trinajstić information content (AvgIpc) is 3.02. The van der Waals surface area contributed by atoms with Gasteiger partial charge in [-0.25, -0.2) is 4.79 Å². The van der Waals surface area contributed by atoms with E-state index in [1.165, 1.54) is 0 Å². The van der Waals surface area contributed by atoms with Crippen LogP contribution in [-0.4, -0.2) is 82.0 Å². The lowest BCUT2D eigenvalue weighted by molar-refractivity contribution is 0.0131. The van der Waals surface area contributed by atoms with Gasteiger partial charge in [-0.3, -0.25) is 9.69 Å². The maximum atomic E-state index is 13.2. The molecule has 2 N–H and O–H groups in total. The van der Waals surface area contributed by atoms with Crippen LogP contribution in [0, 0.1) is 5.41 Å². The van der Waals surface area contributed by atoms with Crippen LogP contribution in [0.4, 0.5) is 4.79 Å². The van der Waals surface area contributed by atoms with Crippen LogP contribution in [0.3, 0.4) is 0 Å². The van der Waals surface area contributed by atoms with Gasteiger partial charge in [-0.15, -0.1) is 0 Å². The summed E-state index contributed by atoms with van der Waals surface area (Å²) in [6.07, 6.45) is 0.928. The normalized spacial score (nSPS) is 19.0. The second kappa shape index (κ2) is 13.4. The first-order valence-corrected chi connectivity index (χ1v) is 15.6. The van der Waals surface area contributed by atoms with Crippen molar-refractivity contribution in [2.75, 3.05) is 33.4 Å². The van der Waals surface area contributed by atoms with Crippen LogP contribution >= 0.6 is 0 Å². The lowest BCUT2D eigenvalue weighted by Crippen LogP contribution is -2.55. The van der Waals surface area contributed by atoms with Crippen molar-refractivity contribution >= 4 is 22.7 Å². The van der Waals surface area contributed by atoms with Crippen molar-refractivity contribution < 1.29 is 29.3 Å². The van der Waals surface area contributed by atoms with Gasteiger partial charge in [0.1, 0.15) is 19.0 Å². The maximum Gasteiger partial charge on any atom is 0.407 e. The van der Waals surface area contributed by atoms with Gasteiger partial charge in [0.05, 0.1) is 18.3 Å². The molecule has 2 aliphatic rings. The van der Waals surface area contributed by atoms with E-state index >= 15 is 0 Å². The summed E-state index contributed by atoms with van der Waals surface area (Å²) >= 11 is 0. The monoisotopic (exact) mass is 620 g/mol. The number of oxime groups is 1. The highest BCUT2D eigenvalue weighted by Crippen LogP contribution is 2.36. The number of fused-ring (bicyclic) bond motifs is 2. The van der Waals surface area contributed by atoms with Crippen molar-refractivity contribution in [3.8, 4) is 17.2 Å². The smallest absolute Gasteiger partial charge is 0.407 e. The Kier molecular flexibility index (Phi) is 9.57. The van der Waals surface area contributed by atoms with Crippen molar-refractivity contribution in [3.63, 3.8) is 0 Å². The first-order chi connectivity index (χ1) is 21.5. The van der Waals surface area contributed by atoms with Gasteiger partial charge in [-0.1, -0.05) is 38.9 Å². The molecule has 0 aliphatic carbocycles. The van der Waals surface area contributed by atoms with Gasteiger partial charge < -0.3 is 34.0 Å². The van der Waals surface area contributed by atoms with Gasteiger partial charge in [0.2, 0.25) is 0 Å². The molecule has 242 valence electrons. The van der Waals surface area contributed by atoms with E-state index in [9.17, 15) is 19.9 Å². The zero-order valence-corrected chi connectivity index (χ0v) is 26.8. The molecule has 1 aromatic heterocycles. The Morgan fingerprint density at radius 2 is 1.84 bits per heavy atom. The van der Waals surface area contributed by atoms with Crippen LogP contribution in [0.1, 0.15) is 58.1 Å². The number of rotatable bonds is 9. The Morgan fingerprint density at radius 1 is 1.09 bits per heavy atom. The van der Waals surface area contributed by atoms with Gasteiger partial charge in [0.15, 0.2) is 11.5 Å². The molecule has 3 aromatic rings. The highest BCUT2D eigenvalue weighted by molar-refractivity contribution is 6.10. The number of pyridine rings is 1. The van der Waals surface area contributed by atoms with Crippen molar-refractivity contribution in [3.05, 3.63) is 63.9 Å². The number of ether oxygens (including phenoxy) is 3. The number of aromatic nitrogens is 1. The van der Waals surface area contributed by atoms with Crippen LogP contribution in [-0.2, 0) is 13.1 Å². The summed E-state index contributed by atoms with van der Waals surface area (Å²) in [7, 11) is 1.57. The van der Waals surface area contributed by atoms with Crippen LogP contribution in [0.5, 0.6) is 17.2 Å². The fraction of sp³-hybridized carbons (Fsp3) is 0.500. The number of carbonyl (C=O) groups is 1. The van der Waals surface area contributed by atoms with E-state index in [-0.39, 0.29) is 29.6 Å². The number of carboxylic acid groups (broad SMARTS) is 1. The summed E-state index contributed by atoms with van der Waals surface area (Å²) in [5.74, 6) is 1.90. The minimum absolute atomic E-state index is 0.0855. The van der Waals surface area contributed by atoms with E-state index in [1.54, 1.807) is 28.7 Å². The van der Waals surface area contributed by atoms with Crippen molar-refractivity contribution in [1.82, 2.24) is 14.4 Å². The van der Waals surface area contributed by atoms with Crippen molar-refractivity contribution in [2.45, 2.75) is 72.1 Å². The van der Waals surface area contributed by atoms with E-state index in [4.69, 9.17) is 14.2 Å². The summed E-state index contributed by atoms with van der Waals surface area (Å²) in [4.78, 5) is 29.7. The molecule has 0 saturated carbocycles. The van der Waals surface area contributed by atoms with Gasteiger partial charge in [-0.2, -0.15) is 0 Å². The number of hydrogen-bond acceptors (Lipinski definition) is 8. The summed E-state index contributed by atoms with van der Waals surface area (Å²) in [5, 5.41) is 24.2. The standard InChI is InChI=1S/C34H44N4O7/c1-6-27(35-42)26-19-24(43-5)20-28-25(26)8-10-32(39)37(28)14-13-36-12-11-23(18-31(36)34(2,3)4)38(33(40)41)21-22-7-9-29-30(17-22)45-16-15-44-29/h7-10,17,19-20,23,31,42H,6,11-16,18,21H2,1-5H3,(H,40,41). The predicted molar refractivity (Wildman–Crippen MR) is 172 cm³/mol. The molecule has 2 atom stereocenters. The highest BCUT2D eigenvalue weighted by atomic mass is 16.6. The molecular weight excluding hydrogens is 576 g/mol. The topological polar surface area (TPSA) is 126 Å². The van der Waals surface area contributed by atoms with Gasteiger partial charge in [0.25, 0.3) is 5.56 Å². The van der Waals surface area contributed by atoms with Crippen LogP contribution in [0.25, 0.3) is 10.9 Å². The summed E-state index contributed by atoms with van der Waals surface area (Å²) < 4.78 is 18.7. The van der Waals surface area contributed by atoms with E-state index in [2.05, 4.69) is 30.8 Å². The number of hydrogen-bond donors (Lipinski definition) is 2. The van der Waals surface area contributed by atoms with E-state index in [1.807, 2.05) is 37.3 Å². The minimum atomic E-state index is -0.944. The summed E-state index contributed by atoms with van der Waals surface area (Å²) in [5.41, 5.74) is 2.55. The molecular formula is C34H44N4O7. The Morgan fingerprint density at radius 3 is 2.51 bits per heavy atom. The Bertz CT molecular complexity index is 1630. The zero-order valence-electron chi connectivity index (χ0n) is 26.8. The van der Waals surface area contributed by atoms with Crippen LogP contribution in [0.15, 0.2) is 52.4 Å². The number of nitrogens with zero attached hydrogens (tertiary/aromatic N) is 4. The Labute approximate surface area is 263 Å². The van der Waals surface area contributed by atoms with Crippen molar-refractivity contribution in [2.24, 2.45) is 10.6 Å². The second-order valence-corrected chi connectivity index (χ2v) is 12.8. The molecule has 3 heterocycles. The molecule has 2 aliphatic heterocycles. The molecule has 0 spiro atoms. The predicted octanol–water partition coefficient (Wildman–Crippen LogP) is 5.43. The largest absolute Gasteiger partial charge is 0.497 e. The second-order valence-electron chi connectivity index (χ2n) is 12.8. The average molecular weight is 621 g/mol. The molecule has 1 amide bonds. The van der Waals surface area contributed by atoms with Gasteiger partial charge in [-0.05, 0) is 54.5 Å². The van der Waals surface area contributed by atoms with Crippen molar-refractivity contribution in [1.29, 1.82) is 0 Å². The van der Waals surface area contributed by atoms with E-state index in [0.717, 1.165) is 16.5 Å². The van der Waals surface area contributed by atoms with Gasteiger partial charge >= 0.3 is 6.09 Å². The first kappa shape index (κ1) is 32.2. The zero-order chi connectivity index (χ0) is 32.3. The third-order valence-electron chi connectivity index (χ3n) is 9.03. The van der Waals surface area contributed by atoms with E-state index < -0.39 is 6.09 Å². The number of methoxy groups -OCH3 is 1. The maximum absolute atomic E-state index is 13.2. The Hall–Kier alpha value is -4.25. The molecule has 1 saturated heterocycles. The summed E-state index contributed by atoms with van der Waals surface area (Å²) in [6.45, 7) is 11.4. The van der Waals surface area contributed by atoms with Crippen LogP contribution in [0.2, 0.25) is 0 Å². The molecule has 2 unspecified atom stereocenters. The molecule has 0 bridgehead atoms. The fourth-order valence-corrected chi connectivity index (χ4v) is 6.69. The summed E-state index contributed by atoms with van der Waals surface area (Å²) in [6, 6.07) is 12.6. The third kappa shape index (κ3) is 6.88. The fourth-order valence-electron chi connectivity index (χ4n) is 6.69. The molecule has 45 heavy (non-hydrogen) atoms. The minimum Gasteiger partial charge on any atom is -0.497 e. The number of likely N-dealkylation sites (tertiary alicyclic amines) is 1. The molecule has 0 radical (unpaired) electrons. The SMILES string of the molecule is CCC(=NO)c1cc(OC)cc2c1ccc(=O)n2CCN1CCC(N(Cc2ccc3c(c2)OCCO3)C(=O)O)CC1C(C)(C)C.